The van der Waals surface area contributed by atoms with Crippen LogP contribution >= 0.6 is 0 Å². The highest BCUT2D eigenvalue weighted by Gasteiger charge is 2.33. The molecule has 5 nitrogen and oxygen atoms in total. The van der Waals surface area contributed by atoms with Crippen molar-refractivity contribution in [1.29, 1.82) is 0 Å². The summed E-state index contributed by atoms with van der Waals surface area (Å²) in [5, 5.41) is 10.2. The molecule has 0 radical (unpaired) electrons. The summed E-state index contributed by atoms with van der Waals surface area (Å²) in [6.07, 6.45) is 8.75. The SMILES string of the molecule is CCCCCCCCCCC[C@@H](O)[C@@H](OC(C)=O)C(=O)OC(C)(C)C. The Kier molecular flexibility index (Phi) is 12.6. The summed E-state index contributed by atoms with van der Waals surface area (Å²) in [6, 6.07) is 0. The van der Waals surface area contributed by atoms with Crippen LogP contribution in [0.5, 0.6) is 0 Å². The number of unbranched alkanes of at least 4 members (excludes halogenated alkanes) is 8. The van der Waals surface area contributed by atoms with Crippen molar-refractivity contribution in [3.8, 4) is 0 Å². The zero-order valence-electron chi connectivity index (χ0n) is 16.8. The van der Waals surface area contributed by atoms with Crippen LogP contribution in [0.2, 0.25) is 0 Å². The van der Waals surface area contributed by atoms with Crippen LogP contribution in [0.1, 0.15) is 98.8 Å². The van der Waals surface area contributed by atoms with E-state index in [1.165, 1.54) is 45.4 Å². The number of hydrogen-bond acceptors (Lipinski definition) is 5. The molecule has 0 aliphatic heterocycles. The van der Waals surface area contributed by atoms with E-state index < -0.39 is 29.7 Å². The second-order valence-electron chi connectivity index (χ2n) is 7.75. The first kappa shape index (κ1) is 23.9. The maximum atomic E-state index is 12.1. The molecule has 0 aliphatic carbocycles. The Morgan fingerprint density at radius 3 is 1.84 bits per heavy atom. The standard InChI is InChI=1S/C20H38O5/c1-6-7-8-9-10-11-12-13-14-15-17(22)18(24-16(2)21)19(23)25-20(3,4)5/h17-18,22H,6-15H2,1-5H3/t17-,18-/m1/s1. The van der Waals surface area contributed by atoms with Gasteiger partial charge in [0.15, 0.2) is 0 Å². The third-order valence-corrected chi connectivity index (χ3v) is 3.88. The number of carbonyl (C=O) groups excluding carboxylic acids is 2. The Hall–Kier alpha value is -1.10. The van der Waals surface area contributed by atoms with E-state index in [-0.39, 0.29) is 0 Å². The molecule has 2 atom stereocenters. The summed E-state index contributed by atoms with van der Waals surface area (Å²) in [6.45, 7) is 8.65. The average molecular weight is 359 g/mol. The van der Waals surface area contributed by atoms with Gasteiger partial charge in [-0.3, -0.25) is 4.79 Å². The van der Waals surface area contributed by atoms with Gasteiger partial charge in [-0.25, -0.2) is 4.79 Å². The van der Waals surface area contributed by atoms with Crippen molar-refractivity contribution in [1.82, 2.24) is 0 Å². The molecule has 0 rings (SSSR count). The minimum atomic E-state index is -1.24. The maximum Gasteiger partial charge on any atom is 0.350 e. The molecule has 0 spiro atoms. The van der Waals surface area contributed by atoms with E-state index in [0.29, 0.717) is 6.42 Å². The van der Waals surface area contributed by atoms with Gasteiger partial charge in [-0.1, -0.05) is 64.7 Å². The Morgan fingerprint density at radius 1 is 0.920 bits per heavy atom. The van der Waals surface area contributed by atoms with Gasteiger partial charge in [0.25, 0.3) is 0 Å². The molecule has 0 aliphatic rings. The number of aliphatic hydroxyl groups excluding tert-OH is 1. The number of ether oxygens (including phenoxy) is 2. The van der Waals surface area contributed by atoms with E-state index in [0.717, 1.165) is 19.3 Å². The van der Waals surface area contributed by atoms with Crippen molar-refractivity contribution in [2.24, 2.45) is 0 Å². The van der Waals surface area contributed by atoms with Crippen molar-refractivity contribution >= 4 is 11.9 Å². The molecule has 25 heavy (non-hydrogen) atoms. The zero-order chi connectivity index (χ0) is 19.3. The zero-order valence-corrected chi connectivity index (χ0v) is 16.8. The van der Waals surface area contributed by atoms with Crippen molar-refractivity contribution in [3.05, 3.63) is 0 Å². The molecule has 0 heterocycles. The van der Waals surface area contributed by atoms with Crippen LogP contribution < -0.4 is 0 Å². The fourth-order valence-corrected chi connectivity index (χ4v) is 2.64. The highest BCUT2D eigenvalue weighted by atomic mass is 16.6. The molecular weight excluding hydrogens is 320 g/mol. The van der Waals surface area contributed by atoms with E-state index >= 15 is 0 Å². The van der Waals surface area contributed by atoms with Crippen LogP contribution in [0.15, 0.2) is 0 Å². The van der Waals surface area contributed by atoms with E-state index in [2.05, 4.69) is 6.92 Å². The number of rotatable bonds is 13. The normalized spacial score (nSPS) is 14.0. The van der Waals surface area contributed by atoms with E-state index in [1.807, 2.05) is 0 Å². The third kappa shape index (κ3) is 13.8. The monoisotopic (exact) mass is 358 g/mol. The first-order chi connectivity index (χ1) is 11.7. The summed E-state index contributed by atoms with van der Waals surface area (Å²) in [4.78, 5) is 23.3. The molecule has 5 heteroatoms. The minimum Gasteiger partial charge on any atom is -0.457 e. The molecule has 148 valence electrons. The van der Waals surface area contributed by atoms with Gasteiger partial charge in [0, 0.05) is 6.92 Å². The van der Waals surface area contributed by atoms with Crippen LogP contribution in [0.3, 0.4) is 0 Å². The lowest BCUT2D eigenvalue weighted by atomic mass is 10.0. The highest BCUT2D eigenvalue weighted by molar-refractivity contribution is 5.79. The second-order valence-corrected chi connectivity index (χ2v) is 7.75. The van der Waals surface area contributed by atoms with Crippen LogP contribution in [-0.2, 0) is 19.1 Å². The summed E-state index contributed by atoms with van der Waals surface area (Å²) >= 11 is 0. The predicted octanol–water partition coefficient (Wildman–Crippen LogP) is 4.54. The molecule has 1 N–H and O–H groups in total. The summed E-state index contributed by atoms with van der Waals surface area (Å²) in [5.74, 6) is -1.28. The minimum absolute atomic E-state index is 0.424. The largest absolute Gasteiger partial charge is 0.457 e. The predicted molar refractivity (Wildman–Crippen MR) is 99.2 cm³/mol. The topological polar surface area (TPSA) is 72.8 Å². The third-order valence-electron chi connectivity index (χ3n) is 3.88. The lowest BCUT2D eigenvalue weighted by Gasteiger charge is -2.26. The lowest BCUT2D eigenvalue weighted by molar-refractivity contribution is -0.182. The summed E-state index contributed by atoms with van der Waals surface area (Å²) in [5.41, 5.74) is -0.688. The molecule has 0 fully saturated rings. The molecule has 0 aromatic rings. The van der Waals surface area contributed by atoms with Gasteiger partial charge in [0.05, 0.1) is 0 Å². The number of esters is 2. The Labute approximate surface area is 153 Å². The van der Waals surface area contributed by atoms with Crippen molar-refractivity contribution in [2.45, 2.75) is 117 Å². The van der Waals surface area contributed by atoms with Crippen LogP contribution in [0.4, 0.5) is 0 Å². The maximum absolute atomic E-state index is 12.1. The smallest absolute Gasteiger partial charge is 0.350 e. The fraction of sp³-hybridized carbons (Fsp3) is 0.900. The summed E-state index contributed by atoms with van der Waals surface area (Å²) in [7, 11) is 0. The van der Waals surface area contributed by atoms with E-state index in [4.69, 9.17) is 9.47 Å². The average Bonchev–Trinajstić information content (AvgIpc) is 2.48. The van der Waals surface area contributed by atoms with E-state index in [1.54, 1.807) is 20.8 Å². The number of hydrogen-bond donors (Lipinski definition) is 1. The van der Waals surface area contributed by atoms with Gasteiger partial charge in [-0.2, -0.15) is 0 Å². The lowest BCUT2D eigenvalue weighted by Crippen LogP contribution is -2.42. The van der Waals surface area contributed by atoms with Gasteiger partial charge in [0.2, 0.25) is 6.10 Å². The first-order valence-electron chi connectivity index (χ1n) is 9.75. The van der Waals surface area contributed by atoms with Crippen molar-refractivity contribution in [2.75, 3.05) is 0 Å². The molecule has 0 saturated heterocycles. The highest BCUT2D eigenvalue weighted by Crippen LogP contribution is 2.17. The number of carbonyl (C=O) groups is 2. The van der Waals surface area contributed by atoms with E-state index in [9.17, 15) is 14.7 Å². The molecule has 0 unspecified atom stereocenters. The summed E-state index contributed by atoms with van der Waals surface area (Å²) < 4.78 is 10.2. The second kappa shape index (κ2) is 13.2. The van der Waals surface area contributed by atoms with Crippen LogP contribution in [0, 0.1) is 0 Å². The van der Waals surface area contributed by atoms with Crippen LogP contribution in [0.25, 0.3) is 0 Å². The Bertz CT molecular complexity index is 373. The quantitative estimate of drug-likeness (QED) is 0.386. The fourth-order valence-electron chi connectivity index (χ4n) is 2.64. The Balaban J connectivity index is 4.12. The number of aliphatic hydroxyl groups is 1. The van der Waals surface area contributed by atoms with Crippen LogP contribution in [-0.4, -0.2) is 34.9 Å². The molecular formula is C20H38O5. The van der Waals surface area contributed by atoms with Gasteiger partial charge < -0.3 is 14.6 Å². The molecule has 0 aromatic heterocycles. The van der Waals surface area contributed by atoms with Gasteiger partial charge in [-0.15, -0.1) is 0 Å². The van der Waals surface area contributed by atoms with Gasteiger partial charge >= 0.3 is 11.9 Å². The Morgan fingerprint density at radius 2 is 1.40 bits per heavy atom. The van der Waals surface area contributed by atoms with Gasteiger partial charge in [0.1, 0.15) is 11.7 Å². The van der Waals surface area contributed by atoms with Crippen molar-refractivity contribution in [3.63, 3.8) is 0 Å². The molecule has 0 aromatic carbocycles. The molecule has 0 saturated carbocycles. The molecule has 0 amide bonds. The van der Waals surface area contributed by atoms with Crippen molar-refractivity contribution < 1.29 is 24.2 Å². The first-order valence-corrected chi connectivity index (χ1v) is 9.75. The van der Waals surface area contributed by atoms with Gasteiger partial charge in [-0.05, 0) is 27.2 Å². The molecule has 0 bridgehead atoms.